The average Bonchev–Trinajstić information content (AvgIpc) is 3.31. The second kappa shape index (κ2) is 6.19. The van der Waals surface area contributed by atoms with Crippen LogP contribution in [0.5, 0.6) is 0 Å². The highest BCUT2D eigenvalue weighted by molar-refractivity contribution is 8.14. The smallest absolute Gasteiger partial charge is 0.273 e. The van der Waals surface area contributed by atoms with Crippen molar-refractivity contribution in [2.24, 2.45) is 4.99 Å². The van der Waals surface area contributed by atoms with Gasteiger partial charge in [0.05, 0.1) is 16.9 Å². The lowest BCUT2D eigenvalue weighted by atomic mass is 10.1. The summed E-state index contributed by atoms with van der Waals surface area (Å²) in [6.45, 7) is 2.80. The summed E-state index contributed by atoms with van der Waals surface area (Å²) in [5.41, 5.74) is 3.44. The van der Waals surface area contributed by atoms with Gasteiger partial charge < -0.3 is 4.98 Å². The minimum Gasteiger partial charge on any atom is -0.351 e. The van der Waals surface area contributed by atoms with Crippen LogP contribution in [0.3, 0.4) is 0 Å². The minimum absolute atomic E-state index is 0.340. The number of hydrogen-bond acceptors (Lipinski definition) is 5. The van der Waals surface area contributed by atoms with Crippen molar-refractivity contribution in [3.8, 4) is 0 Å². The van der Waals surface area contributed by atoms with E-state index in [1.165, 1.54) is 15.6 Å². The van der Waals surface area contributed by atoms with E-state index in [-0.39, 0.29) is 0 Å². The van der Waals surface area contributed by atoms with Crippen LogP contribution in [0, 0.1) is 6.92 Å². The van der Waals surface area contributed by atoms with Crippen molar-refractivity contribution in [1.29, 1.82) is 0 Å². The molecule has 0 radical (unpaired) electrons. The van der Waals surface area contributed by atoms with Crippen molar-refractivity contribution in [3.05, 3.63) is 47.0 Å². The van der Waals surface area contributed by atoms with Gasteiger partial charge in [0.1, 0.15) is 9.25 Å². The van der Waals surface area contributed by atoms with Crippen LogP contribution in [0.2, 0.25) is 0 Å². The first-order chi connectivity index (χ1) is 12.0. The van der Waals surface area contributed by atoms with Gasteiger partial charge in [0, 0.05) is 24.7 Å². The molecule has 3 heterocycles. The number of thiophene rings is 1. The maximum absolute atomic E-state index is 12.9. The number of aromatic nitrogens is 1. The Labute approximate surface area is 154 Å². The van der Waals surface area contributed by atoms with Crippen molar-refractivity contribution in [3.63, 3.8) is 0 Å². The molecule has 0 atom stereocenters. The summed E-state index contributed by atoms with van der Waals surface area (Å²) in [6, 6.07) is 9.39. The summed E-state index contributed by atoms with van der Waals surface area (Å²) >= 11 is 2.95. The summed E-state index contributed by atoms with van der Waals surface area (Å²) in [6.07, 6.45) is 0. The minimum atomic E-state index is -3.57. The fraction of sp³-hybridized carbons (Fsp3) is 0.235. The lowest BCUT2D eigenvalue weighted by Crippen LogP contribution is -2.26. The van der Waals surface area contributed by atoms with Crippen molar-refractivity contribution in [2.45, 2.75) is 11.1 Å². The first kappa shape index (κ1) is 16.7. The maximum Gasteiger partial charge on any atom is 0.273 e. The van der Waals surface area contributed by atoms with Gasteiger partial charge in [-0.15, -0.1) is 23.1 Å². The van der Waals surface area contributed by atoms with E-state index in [0.29, 0.717) is 9.90 Å². The molecule has 0 aliphatic carbocycles. The third-order valence-electron chi connectivity index (χ3n) is 4.12. The average molecular weight is 392 g/mol. The molecule has 1 N–H and O–H groups in total. The number of nitrogens with one attached hydrogen (secondary N) is 1. The van der Waals surface area contributed by atoms with Gasteiger partial charge in [-0.05, 0) is 42.1 Å². The van der Waals surface area contributed by atoms with Gasteiger partial charge in [-0.1, -0.05) is 6.07 Å². The van der Waals surface area contributed by atoms with Crippen molar-refractivity contribution in [2.75, 3.05) is 23.7 Å². The van der Waals surface area contributed by atoms with Crippen molar-refractivity contribution < 1.29 is 8.42 Å². The van der Waals surface area contributed by atoms with Gasteiger partial charge in [0.2, 0.25) is 0 Å². The fourth-order valence-electron chi connectivity index (χ4n) is 2.91. The number of fused-ring (bicyclic) bond motifs is 1. The van der Waals surface area contributed by atoms with Crippen LogP contribution < -0.4 is 4.31 Å². The Kier molecular flexibility index (Phi) is 4.13. The Hall–Kier alpha value is -1.77. The molecule has 1 aromatic carbocycles. The van der Waals surface area contributed by atoms with Gasteiger partial charge in [0.25, 0.3) is 10.0 Å². The number of anilines is 1. The molecule has 0 fully saturated rings. The Balaban J connectivity index is 1.86. The van der Waals surface area contributed by atoms with E-state index in [2.05, 4.69) is 22.1 Å². The molecule has 1 aliphatic rings. The summed E-state index contributed by atoms with van der Waals surface area (Å²) in [5, 5.41) is 3.76. The van der Waals surface area contributed by atoms with E-state index in [0.717, 1.165) is 39.5 Å². The number of aryl methyl sites for hydroxylation is 1. The third-order valence-corrected chi connectivity index (χ3v) is 8.27. The second-order valence-electron chi connectivity index (χ2n) is 5.87. The van der Waals surface area contributed by atoms with Gasteiger partial charge in [-0.3, -0.25) is 9.30 Å². The lowest BCUT2D eigenvalue weighted by Gasteiger charge is -2.20. The number of rotatable bonds is 4. The Bertz CT molecular complexity index is 1070. The molecule has 4 rings (SSSR count). The molecular formula is C17H17N3O2S3. The van der Waals surface area contributed by atoms with E-state index in [1.54, 1.807) is 36.3 Å². The normalized spacial score (nSPS) is 14.9. The predicted octanol–water partition coefficient (Wildman–Crippen LogP) is 3.86. The maximum atomic E-state index is 12.9. The molecule has 0 unspecified atom stereocenters. The van der Waals surface area contributed by atoms with Crippen LogP contribution in [0.25, 0.3) is 10.9 Å². The molecular weight excluding hydrogens is 374 g/mol. The van der Waals surface area contributed by atoms with Gasteiger partial charge in [-0.25, -0.2) is 8.42 Å². The zero-order valence-electron chi connectivity index (χ0n) is 13.8. The summed E-state index contributed by atoms with van der Waals surface area (Å²) in [7, 11) is -1.97. The summed E-state index contributed by atoms with van der Waals surface area (Å²) in [5.74, 6) is 0.989. The lowest BCUT2D eigenvalue weighted by molar-refractivity contribution is 0.596. The quantitative estimate of drug-likeness (QED) is 0.734. The first-order valence-electron chi connectivity index (χ1n) is 7.80. The molecule has 8 heteroatoms. The number of aromatic amines is 1. The Morgan fingerprint density at radius 3 is 2.80 bits per heavy atom. The molecule has 0 spiro atoms. The van der Waals surface area contributed by atoms with E-state index >= 15 is 0 Å². The van der Waals surface area contributed by atoms with Crippen LogP contribution in [0.15, 0.2) is 44.9 Å². The highest BCUT2D eigenvalue weighted by Crippen LogP contribution is 2.33. The molecule has 5 nitrogen and oxygen atoms in total. The molecule has 3 aromatic rings. The summed E-state index contributed by atoms with van der Waals surface area (Å²) in [4.78, 5) is 7.88. The first-order valence-corrected chi connectivity index (χ1v) is 11.1. The van der Waals surface area contributed by atoms with Gasteiger partial charge >= 0.3 is 0 Å². The number of hydrogen-bond donors (Lipinski definition) is 1. The van der Waals surface area contributed by atoms with Crippen LogP contribution >= 0.6 is 23.1 Å². The third kappa shape index (κ3) is 2.88. The number of sulfonamides is 1. The summed E-state index contributed by atoms with van der Waals surface area (Å²) < 4.78 is 27.5. The van der Waals surface area contributed by atoms with E-state index in [1.807, 2.05) is 13.0 Å². The second-order valence-corrected chi connectivity index (χ2v) is 10.1. The molecule has 0 amide bonds. The number of nitrogens with zero attached hydrogens (tertiary/aromatic N) is 2. The molecule has 0 saturated carbocycles. The molecule has 2 aromatic heterocycles. The fourth-order valence-corrected chi connectivity index (χ4v) is 6.09. The zero-order valence-corrected chi connectivity index (χ0v) is 16.3. The number of thioether (sulfide) groups is 1. The zero-order chi connectivity index (χ0) is 17.6. The largest absolute Gasteiger partial charge is 0.351 e. The number of benzene rings is 1. The highest BCUT2D eigenvalue weighted by Gasteiger charge is 2.25. The molecule has 25 heavy (non-hydrogen) atoms. The van der Waals surface area contributed by atoms with Crippen LogP contribution in [0.1, 0.15) is 11.3 Å². The number of H-pyrrole nitrogens is 1. The monoisotopic (exact) mass is 391 g/mol. The topological polar surface area (TPSA) is 65.5 Å². The molecule has 0 bridgehead atoms. The van der Waals surface area contributed by atoms with E-state index in [9.17, 15) is 8.42 Å². The Morgan fingerprint density at radius 1 is 1.28 bits per heavy atom. The predicted molar refractivity (Wildman–Crippen MR) is 107 cm³/mol. The van der Waals surface area contributed by atoms with Crippen LogP contribution in [-0.2, 0) is 10.0 Å². The van der Waals surface area contributed by atoms with Crippen molar-refractivity contribution >= 4 is 54.8 Å². The standard InChI is InChI=1S/C17H17N3O2S3/c1-11-8-12-10-13(17-18-5-7-24-17)19-16(12)14(9-11)20(2)25(21,22)15-4-3-6-23-15/h3-4,6,8-10,19H,5,7H2,1-2H3. The number of aliphatic imine (C=N–C) groups is 1. The highest BCUT2D eigenvalue weighted by atomic mass is 32.2. The molecule has 0 saturated heterocycles. The SMILES string of the molecule is Cc1cc(N(C)S(=O)(=O)c2cccs2)c2[nH]c(C3=NCCS3)cc2c1. The molecule has 130 valence electrons. The van der Waals surface area contributed by atoms with Gasteiger partial charge in [-0.2, -0.15) is 0 Å². The van der Waals surface area contributed by atoms with Gasteiger partial charge in [0.15, 0.2) is 0 Å². The van der Waals surface area contributed by atoms with E-state index in [4.69, 9.17) is 0 Å². The van der Waals surface area contributed by atoms with Crippen molar-refractivity contribution in [1.82, 2.24) is 4.98 Å². The Morgan fingerprint density at radius 2 is 2.12 bits per heavy atom. The van der Waals surface area contributed by atoms with Crippen LogP contribution in [0.4, 0.5) is 5.69 Å². The van der Waals surface area contributed by atoms with Crippen LogP contribution in [-0.4, -0.2) is 37.8 Å². The van der Waals surface area contributed by atoms with E-state index < -0.39 is 10.0 Å². The molecule has 1 aliphatic heterocycles.